The lowest BCUT2D eigenvalue weighted by Gasteiger charge is -2.33. The Labute approximate surface area is 108 Å². The number of sulfone groups is 1. The van der Waals surface area contributed by atoms with Crippen molar-refractivity contribution in [3.8, 4) is 0 Å². The Morgan fingerprint density at radius 2 is 1.89 bits per heavy atom. The summed E-state index contributed by atoms with van der Waals surface area (Å²) in [5.41, 5.74) is 0. The lowest BCUT2D eigenvalue weighted by molar-refractivity contribution is -0.130. The number of hydrogen-bond donors (Lipinski definition) is 1. The van der Waals surface area contributed by atoms with Gasteiger partial charge in [0, 0.05) is 6.04 Å². The molecule has 6 heteroatoms. The van der Waals surface area contributed by atoms with Gasteiger partial charge >= 0.3 is 0 Å². The first kappa shape index (κ1) is 12.4. The highest BCUT2D eigenvalue weighted by atomic mass is 32.2. The lowest BCUT2D eigenvalue weighted by atomic mass is 10.0. The van der Waals surface area contributed by atoms with E-state index in [1.54, 1.807) is 0 Å². The highest BCUT2D eigenvalue weighted by molar-refractivity contribution is 7.91. The Balaban J connectivity index is 1.77. The summed E-state index contributed by atoms with van der Waals surface area (Å²) in [6.07, 6.45) is 5.46. The van der Waals surface area contributed by atoms with E-state index in [0.717, 1.165) is 12.8 Å². The topological polar surface area (TPSA) is 66.5 Å². The maximum atomic E-state index is 12.0. The number of carbonyl (C=O) groups is 1. The van der Waals surface area contributed by atoms with E-state index in [-0.39, 0.29) is 29.6 Å². The molecule has 3 fully saturated rings. The zero-order valence-corrected chi connectivity index (χ0v) is 11.3. The Morgan fingerprint density at radius 3 is 2.50 bits per heavy atom. The van der Waals surface area contributed by atoms with Crippen molar-refractivity contribution < 1.29 is 13.2 Å². The second kappa shape index (κ2) is 4.49. The number of carbonyl (C=O) groups excluding carboxylic acids is 1. The second-order valence-electron chi connectivity index (χ2n) is 5.73. The molecule has 3 rings (SSSR count). The third kappa shape index (κ3) is 2.16. The van der Waals surface area contributed by atoms with Gasteiger partial charge in [0.05, 0.1) is 24.2 Å². The van der Waals surface area contributed by atoms with Gasteiger partial charge in [-0.25, -0.2) is 8.42 Å². The summed E-state index contributed by atoms with van der Waals surface area (Å²) in [5.74, 6) is 0.983. The SMILES string of the molecule is O=C1CNC(C2CCCC2)N1C1CCS(=O)(=O)C1. The minimum absolute atomic E-state index is 0.0778. The summed E-state index contributed by atoms with van der Waals surface area (Å²) < 4.78 is 23.1. The van der Waals surface area contributed by atoms with Crippen molar-refractivity contribution in [3.63, 3.8) is 0 Å². The molecule has 0 aromatic rings. The molecule has 102 valence electrons. The molecule has 1 N–H and O–H groups in total. The lowest BCUT2D eigenvalue weighted by Crippen LogP contribution is -2.48. The molecule has 3 aliphatic rings. The van der Waals surface area contributed by atoms with Crippen molar-refractivity contribution in [1.29, 1.82) is 0 Å². The molecule has 2 heterocycles. The first-order valence-electron chi connectivity index (χ1n) is 6.82. The van der Waals surface area contributed by atoms with Crippen LogP contribution in [0.15, 0.2) is 0 Å². The van der Waals surface area contributed by atoms with Crippen molar-refractivity contribution in [2.45, 2.75) is 44.3 Å². The number of nitrogens with zero attached hydrogens (tertiary/aromatic N) is 1. The fourth-order valence-corrected chi connectivity index (χ4v) is 5.34. The molecule has 2 atom stereocenters. The molecule has 0 aromatic carbocycles. The fraction of sp³-hybridized carbons (Fsp3) is 0.917. The van der Waals surface area contributed by atoms with Crippen LogP contribution in [-0.4, -0.2) is 49.5 Å². The molecule has 5 nitrogen and oxygen atoms in total. The van der Waals surface area contributed by atoms with Gasteiger partial charge in [0.25, 0.3) is 0 Å². The van der Waals surface area contributed by atoms with Crippen LogP contribution in [-0.2, 0) is 14.6 Å². The summed E-state index contributed by atoms with van der Waals surface area (Å²) in [5, 5.41) is 3.28. The van der Waals surface area contributed by atoms with E-state index in [2.05, 4.69) is 5.32 Å². The van der Waals surface area contributed by atoms with Crippen LogP contribution in [0.1, 0.15) is 32.1 Å². The summed E-state index contributed by atoms with van der Waals surface area (Å²) in [6.45, 7) is 0.373. The van der Waals surface area contributed by atoms with Crippen molar-refractivity contribution in [2.75, 3.05) is 18.1 Å². The van der Waals surface area contributed by atoms with Gasteiger partial charge in [-0.15, -0.1) is 0 Å². The van der Waals surface area contributed by atoms with E-state index in [0.29, 0.717) is 18.9 Å². The van der Waals surface area contributed by atoms with Crippen LogP contribution in [0.3, 0.4) is 0 Å². The Kier molecular flexibility index (Phi) is 3.10. The van der Waals surface area contributed by atoms with E-state index in [9.17, 15) is 13.2 Å². The Morgan fingerprint density at radius 1 is 1.17 bits per heavy atom. The maximum Gasteiger partial charge on any atom is 0.238 e. The molecule has 18 heavy (non-hydrogen) atoms. The monoisotopic (exact) mass is 272 g/mol. The van der Waals surface area contributed by atoms with Gasteiger partial charge in [0.1, 0.15) is 0 Å². The van der Waals surface area contributed by atoms with Crippen LogP contribution in [0, 0.1) is 5.92 Å². The minimum Gasteiger partial charge on any atom is -0.322 e. The molecule has 0 radical (unpaired) electrons. The van der Waals surface area contributed by atoms with Crippen LogP contribution in [0.5, 0.6) is 0 Å². The quantitative estimate of drug-likeness (QED) is 0.775. The second-order valence-corrected chi connectivity index (χ2v) is 7.96. The number of rotatable bonds is 2. The van der Waals surface area contributed by atoms with E-state index < -0.39 is 9.84 Å². The Bertz CT molecular complexity index is 442. The van der Waals surface area contributed by atoms with Crippen molar-refractivity contribution >= 4 is 15.7 Å². The molecule has 0 spiro atoms. The molecule has 1 aliphatic carbocycles. The zero-order valence-electron chi connectivity index (χ0n) is 10.5. The number of hydrogen-bond acceptors (Lipinski definition) is 4. The van der Waals surface area contributed by atoms with Crippen molar-refractivity contribution in [1.82, 2.24) is 10.2 Å². The maximum absolute atomic E-state index is 12.0. The number of amides is 1. The zero-order chi connectivity index (χ0) is 12.8. The van der Waals surface area contributed by atoms with Gasteiger partial charge in [-0.3, -0.25) is 10.1 Å². The van der Waals surface area contributed by atoms with Crippen LogP contribution in [0.4, 0.5) is 0 Å². The summed E-state index contributed by atoms with van der Waals surface area (Å²) >= 11 is 0. The molecular weight excluding hydrogens is 252 g/mol. The van der Waals surface area contributed by atoms with Crippen LogP contribution >= 0.6 is 0 Å². The minimum atomic E-state index is -2.92. The van der Waals surface area contributed by atoms with Crippen LogP contribution < -0.4 is 5.32 Å². The predicted molar refractivity (Wildman–Crippen MR) is 67.7 cm³/mol. The van der Waals surface area contributed by atoms with Gasteiger partial charge in [0.15, 0.2) is 9.84 Å². The van der Waals surface area contributed by atoms with E-state index in [1.165, 1.54) is 12.8 Å². The van der Waals surface area contributed by atoms with E-state index in [1.807, 2.05) is 4.90 Å². The standard InChI is InChI=1S/C12H20N2O3S/c15-11-7-13-12(9-3-1-2-4-9)14(11)10-5-6-18(16,17)8-10/h9-10,12-13H,1-8H2. The first-order chi connectivity index (χ1) is 8.57. The van der Waals surface area contributed by atoms with Crippen molar-refractivity contribution in [3.05, 3.63) is 0 Å². The molecule has 2 saturated heterocycles. The molecule has 1 saturated carbocycles. The van der Waals surface area contributed by atoms with Crippen molar-refractivity contribution in [2.24, 2.45) is 5.92 Å². The largest absolute Gasteiger partial charge is 0.322 e. The molecular formula is C12H20N2O3S. The van der Waals surface area contributed by atoms with Gasteiger partial charge in [-0.2, -0.15) is 0 Å². The molecule has 1 amide bonds. The van der Waals surface area contributed by atoms with E-state index in [4.69, 9.17) is 0 Å². The average molecular weight is 272 g/mol. The van der Waals surface area contributed by atoms with Gasteiger partial charge < -0.3 is 4.90 Å². The van der Waals surface area contributed by atoms with Gasteiger partial charge in [-0.05, 0) is 25.2 Å². The predicted octanol–water partition coefficient (Wildman–Crippen LogP) is 0.122. The first-order valence-corrected chi connectivity index (χ1v) is 8.64. The van der Waals surface area contributed by atoms with Crippen LogP contribution in [0.25, 0.3) is 0 Å². The third-order valence-electron chi connectivity index (χ3n) is 4.50. The molecule has 2 unspecified atom stereocenters. The van der Waals surface area contributed by atoms with Gasteiger partial charge in [-0.1, -0.05) is 12.8 Å². The summed E-state index contributed by atoms with van der Waals surface area (Å²) in [4.78, 5) is 13.9. The number of nitrogens with one attached hydrogen (secondary N) is 1. The fourth-order valence-electron chi connectivity index (χ4n) is 3.63. The highest BCUT2D eigenvalue weighted by Crippen LogP contribution is 2.33. The van der Waals surface area contributed by atoms with Gasteiger partial charge in [0.2, 0.25) is 5.91 Å². The average Bonchev–Trinajstić information content (AvgIpc) is 2.97. The summed E-state index contributed by atoms with van der Waals surface area (Å²) in [6, 6.07) is -0.0944. The Hall–Kier alpha value is -0.620. The normalized spacial score (nSPS) is 36.7. The molecule has 0 aromatic heterocycles. The van der Waals surface area contributed by atoms with Crippen LogP contribution in [0.2, 0.25) is 0 Å². The third-order valence-corrected chi connectivity index (χ3v) is 6.25. The summed E-state index contributed by atoms with van der Waals surface area (Å²) in [7, 11) is -2.92. The molecule has 2 aliphatic heterocycles. The smallest absolute Gasteiger partial charge is 0.238 e. The van der Waals surface area contributed by atoms with E-state index >= 15 is 0 Å². The molecule has 0 bridgehead atoms. The highest BCUT2D eigenvalue weighted by Gasteiger charge is 2.44.